The predicted octanol–water partition coefficient (Wildman–Crippen LogP) is 1.53. The van der Waals surface area contributed by atoms with Crippen LogP contribution in [0.3, 0.4) is 0 Å². The Morgan fingerprint density at radius 3 is 2.90 bits per heavy atom. The van der Waals surface area contributed by atoms with Crippen LogP contribution in [-0.2, 0) is 9.47 Å². The van der Waals surface area contributed by atoms with E-state index in [-0.39, 0.29) is 17.5 Å². The predicted molar refractivity (Wildman–Crippen MR) is 75.5 cm³/mol. The van der Waals surface area contributed by atoms with Crippen molar-refractivity contribution in [3.05, 3.63) is 0 Å². The summed E-state index contributed by atoms with van der Waals surface area (Å²) < 4.78 is 11.2. The van der Waals surface area contributed by atoms with Crippen LogP contribution < -0.4 is 10.6 Å². The number of rotatable bonds is 6. The minimum absolute atomic E-state index is 0.0426. The molecule has 1 heterocycles. The van der Waals surface area contributed by atoms with Gasteiger partial charge in [-0.25, -0.2) is 4.79 Å². The molecule has 0 aromatic rings. The molecule has 3 atom stereocenters. The van der Waals surface area contributed by atoms with E-state index in [1.165, 1.54) is 12.8 Å². The van der Waals surface area contributed by atoms with Gasteiger partial charge < -0.3 is 20.1 Å². The highest BCUT2D eigenvalue weighted by Gasteiger charge is 2.59. The van der Waals surface area contributed by atoms with E-state index >= 15 is 0 Å². The number of hydrogen-bond donors (Lipinski definition) is 2. The number of carbonyl (C=O) groups is 1. The Kier molecular flexibility index (Phi) is 3.91. The van der Waals surface area contributed by atoms with Crippen LogP contribution in [-0.4, -0.2) is 44.5 Å². The maximum absolute atomic E-state index is 11.9. The van der Waals surface area contributed by atoms with Crippen molar-refractivity contribution in [2.24, 2.45) is 17.3 Å². The molecule has 2 amide bonds. The summed E-state index contributed by atoms with van der Waals surface area (Å²) in [5.74, 6) is 1.26. The van der Waals surface area contributed by atoms with Crippen LogP contribution in [0.25, 0.3) is 0 Å². The van der Waals surface area contributed by atoms with E-state index in [1.807, 2.05) is 0 Å². The molecule has 1 aliphatic heterocycles. The molecule has 3 rings (SSSR count). The molecule has 3 fully saturated rings. The van der Waals surface area contributed by atoms with E-state index in [0.717, 1.165) is 25.6 Å². The van der Waals surface area contributed by atoms with E-state index in [2.05, 4.69) is 24.5 Å². The van der Waals surface area contributed by atoms with Gasteiger partial charge in [0.2, 0.25) is 0 Å². The number of amides is 2. The first-order valence-electron chi connectivity index (χ1n) is 7.83. The largest absolute Gasteiger partial charge is 0.379 e. The smallest absolute Gasteiger partial charge is 0.315 e. The average molecular weight is 282 g/mol. The van der Waals surface area contributed by atoms with Crippen LogP contribution in [0.15, 0.2) is 0 Å². The summed E-state index contributed by atoms with van der Waals surface area (Å²) >= 11 is 0. The van der Waals surface area contributed by atoms with Crippen molar-refractivity contribution in [3.8, 4) is 0 Å². The van der Waals surface area contributed by atoms with Crippen LogP contribution in [0.2, 0.25) is 0 Å². The third-order valence-electron chi connectivity index (χ3n) is 4.97. The fraction of sp³-hybridized carbons (Fsp3) is 0.933. The number of hydrogen-bond acceptors (Lipinski definition) is 3. The molecule has 2 aliphatic carbocycles. The quantitative estimate of drug-likeness (QED) is 0.726. The maximum Gasteiger partial charge on any atom is 0.315 e. The molecular weight excluding hydrogens is 256 g/mol. The van der Waals surface area contributed by atoms with Gasteiger partial charge in [0.15, 0.2) is 0 Å². The summed E-state index contributed by atoms with van der Waals surface area (Å²) in [6.45, 7) is 7.20. The van der Waals surface area contributed by atoms with Gasteiger partial charge in [-0.1, -0.05) is 13.8 Å². The SMILES string of the molecule is CC1(C)C(NC(=O)NCCOCC2CC2)C2CCOC21. The molecular formula is C15H26N2O3. The van der Waals surface area contributed by atoms with E-state index in [4.69, 9.17) is 9.47 Å². The highest BCUT2D eigenvalue weighted by atomic mass is 16.5. The second-order valence-electron chi connectivity index (χ2n) is 6.96. The Labute approximate surface area is 120 Å². The van der Waals surface area contributed by atoms with E-state index in [1.54, 1.807) is 0 Å². The number of ether oxygens (including phenoxy) is 2. The summed E-state index contributed by atoms with van der Waals surface area (Å²) in [7, 11) is 0. The first kappa shape index (κ1) is 14.1. The molecule has 5 heteroatoms. The van der Waals surface area contributed by atoms with Crippen LogP contribution in [0.1, 0.15) is 33.1 Å². The van der Waals surface area contributed by atoms with E-state index in [0.29, 0.717) is 25.2 Å². The van der Waals surface area contributed by atoms with Crippen molar-refractivity contribution in [3.63, 3.8) is 0 Å². The summed E-state index contributed by atoms with van der Waals surface area (Å²) in [6.07, 6.45) is 3.98. The van der Waals surface area contributed by atoms with Crippen LogP contribution in [0.5, 0.6) is 0 Å². The van der Waals surface area contributed by atoms with Gasteiger partial charge in [0.05, 0.1) is 12.7 Å². The van der Waals surface area contributed by atoms with Gasteiger partial charge in [-0.3, -0.25) is 0 Å². The second-order valence-corrected chi connectivity index (χ2v) is 6.96. The zero-order valence-corrected chi connectivity index (χ0v) is 12.5. The van der Waals surface area contributed by atoms with Crippen molar-refractivity contribution >= 4 is 6.03 Å². The second kappa shape index (κ2) is 5.53. The first-order valence-corrected chi connectivity index (χ1v) is 7.83. The van der Waals surface area contributed by atoms with Gasteiger partial charge >= 0.3 is 6.03 Å². The molecule has 20 heavy (non-hydrogen) atoms. The van der Waals surface area contributed by atoms with E-state index < -0.39 is 0 Å². The molecule has 2 N–H and O–H groups in total. The topological polar surface area (TPSA) is 59.6 Å². The zero-order chi connectivity index (χ0) is 14.2. The Balaban J connectivity index is 1.33. The Morgan fingerprint density at radius 1 is 1.35 bits per heavy atom. The Morgan fingerprint density at radius 2 is 2.15 bits per heavy atom. The average Bonchev–Trinajstić information content (AvgIpc) is 3.11. The Hall–Kier alpha value is -0.810. The fourth-order valence-corrected chi connectivity index (χ4v) is 3.58. The first-order chi connectivity index (χ1) is 9.59. The highest BCUT2D eigenvalue weighted by Crippen LogP contribution is 2.51. The molecule has 3 unspecified atom stereocenters. The molecule has 0 radical (unpaired) electrons. The van der Waals surface area contributed by atoms with Gasteiger partial charge in [0, 0.05) is 37.1 Å². The highest BCUT2D eigenvalue weighted by molar-refractivity contribution is 5.74. The molecule has 1 saturated heterocycles. The van der Waals surface area contributed by atoms with Crippen molar-refractivity contribution in [2.75, 3.05) is 26.4 Å². The lowest BCUT2D eigenvalue weighted by molar-refractivity contribution is -0.108. The number of fused-ring (bicyclic) bond motifs is 1. The third-order valence-corrected chi connectivity index (χ3v) is 4.97. The fourth-order valence-electron chi connectivity index (χ4n) is 3.58. The molecule has 0 aromatic carbocycles. The van der Waals surface area contributed by atoms with Crippen LogP contribution in [0.4, 0.5) is 4.79 Å². The number of urea groups is 1. The summed E-state index contributed by atoms with van der Waals surface area (Å²) in [5.41, 5.74) is 0.0426. The van der Waals surface area contributed by atoms with Gasteiger partial charge in [0.25, 0.3) is 0 Å². The van der Waals surface area contributed by atoms with Gasteiger partial charge in [0.1, 0.15) is 0 Å². The van der Waals surface area contributed by atoms with Gasteiger partial charge in [-0.15, -0.1) is 0 Å². The lowest BCUT2D eigenvalue weighted by Crippen LogP contribution is -2.67. The molecule has 5 nitrogen and oxygen atoms in total. The van der Waals surface area contributed by atoms with Crippen molar-refractivity contribution < 1.29 is 14.3 Å². The monoisotopic (exact) mass is 282 g/mol. The van der Waals surface area contributed by atoms with E-state index in [9.17, 15) is 4.79 Å². The van der Waals surface area contributed by atoms with Gasteiger partial charge in [-0.05, 0) is 25.2 Å². The molecule has 0 aromatic heterocycles. The van der Waals surface area contributed by atoms with Crippen molar-refractivity contribution in [1.82, 2.24) is 10.6 Å². The van der Waals surface area contributed by atoms with Crippen molar-refractivity contribution in [2.45, 2.75) is 45.3 Å². The minimum Gasteiger partial charge on any atom is -0.379 e. The third kappa shape index (κ3) is 2.79. The Bertz CT molecular complexity index is 368. The summed E-state index contributed by atoms with van der Waals surface area (Å²) in [6, 6.07) is 0.144. The normalized spacial score (nSPS) is 34.2. The van der Waals surface area contributed by atoms with Crippen LogP contribution in [0, 0.1) is 17.3 Å². The van der Waals surface area contributed by atoms with Crippen LogP contribution >= 0.6 is 0 Å². The molecule has 2 saturated carbocycles. The minimum atomic E-state index is -0.0801. The lowest BCUT2D eigenvalue weighted by atomic mass is 9.57. The lowest BCUT2D eigenvalue weighted by Gasteiger charge is -2.54. The van der Waals surface area contributed by atoms with Crippen molar-refractivity contribution in [1.29, 1.82) is 0 Å². The summed E-state index contributed by atoms with van der Waals surface area (Å²) in [5, 5.41) is 5.98. The molecule has 3 aliphatic rings. The standard InChI is InChI=1S/C15H26N2O3/c1-15(2)12(11-5-7-20-13(11)15)17-14(18)16-6-8-19-9-10-3-4-10/h10-13H,3-9H2,1-2H3,(H2,16,17,18). The maximum atomic E-state index is 11.9. The number of nitrogens with one attached hydrogen (secondary N) is 2. The molecule has 0 spiro atoms. The van der Waals surface area contributed by atoms with Gasteiger partial charge in [-0.2, -0.15) is 0 Å². The summed E-state index contributed by atoms with van der Waals surface area (Å²) in [4.78, 5) is 11.9. The molecule has 114 valence electrons. The zero-order valence-electron chi connectivity index (χ0n) is 12.5. The number of carbonyl (C=O) groups excluding carboxylic acids is 1. The molecule has 0 bridgehead atoms.